The Morgan fingerprint density at radius 1 is 1.10 bits per heavy atom. The normalized spacial score (nSPS) is 46.8. The maximum absolute atomic E-state index is 6.24. The predicted octanol–water partition coefficient (Wildman–Crippen LogP) is 3.32. The highest BCUT2D eigenvalue weighted by atomic mass is 32.7. The van der Waals surface area contributed by atoms with Crippen LogP contribution >= 0.6 is 40.4 Å². The van der Waals surface area contributed by atoms with Crippen molar-refractivity contribution in [1.82, 2.24) is 0 Å². The molecule has 0 aromatic rings. The highest BCUT2D eigenvalue weighted by molar-refractivity contribution is 8.72. The molecule has 1 fully saturated rings. The van der Waals surface area contributed by atoms with Crippen LogP contribution in [0.1, 0.15) is 13.8 Å². The van der Waals surface area contributed by atoms with Crippen molar-refractivity contribution >= 4 is 40.4 Å². The van der Waals surface area contributed by atoms with Crippen LogP contribution < -0.4 is 5.73 Å². The fraction of sp³-hybridized carbons (Fsp3) is 1.00. The third-order valence-electron chi connectivity index (χ3n) is 1.57. The molecule has 1 aliphatic heterocycles. The molecule has 1 heterocycles. The minimum absolute atomic E-state index is 0.266. The molecule has 0 aromatic heterocycles. The van der Waals surface area contributed by atoms with Gasteiger partial charge in [0.15, 0.2) is 0 Å². The van der Waals surface area contributed by atoms with Crippen molar-refractivity contribution in [2.75, 3.05) is 0 Å². The van der Waals surface area contributed by atoms with E-state index in [1.807, 2.05) is 0 Å². The lowest BCUT2D eigenvalue weighted by atomic mass is 10.2. The van der Waals surface area contributed by atoms with Gasteiger partial charge in [-0.1, -0.05) is 54.3 Å². The first-order valence-corrected chi connectivity index (χ1v) is 12.2. The average molecular weight is 231 g/mol. The molecular formula is C4H14NP5. The van der Waals surface area contributed by atoms with Gasteiger partial charge in [-0.2, -0.15) is 0 Å². The Morgan fingerprint density at radius 2 is 1.60 bits per heavy atom. The average Bonchev–Trinajstić information content (AvgIpc) is 1.89. The predicted molar refractivity (Wildman–Crippen MR) is 63.3 cm³/mol. The second kappa shape index (κ2) is 4.38. The first-order valence-electron chi connectivity index (χ1n) is 3.23. The van der Waals surface area contributed by atoms with Gasteiger partial charge < -0.3 is 5.73 Å². The van der Waals surface area contributed by atoms with Crippen molar-refractivity contribution in [3.63, 3.8) is 0 Å². The van der Waals surface area contributed by atoms with Crippen LogP contribution in [0.15, 0.2) is 0 Å². The summed E-state index contributed by atoms with van der Waals surface area (Å²) >= 11 is 0. The van der Waals surface area contributed by atoms with Crippen LogP contribution in [0.4, 0.5) is 0 Å². The summed E-state index contributed by atoms with van der Waals surface area (Å²) in [6, 6.07) is 0. The van der Waals surface area contributed by atoms with Crippen LogP contribution in [0.25, 0.3) is 0 Å². The SMILES string of the molecule is CC(C)C1(N)PPPPP1. The Labute approximate surface area is 71.3 Å². The Bertz CT molecular complexity index is 110. The molecule has 1 nitrogen and oxygen atoms in total. The number of rotatable bonds is 1. The zero-order valence-corrected chi connectivity index (χ0v) is 11.2. The van der Waals surface area contributed by atoms with Gasteiger partial charge in [0.05, 0.1) is 5.02 Å². The quantitative estimate of drug-likeness (QED) is 0.688. The van der Waals surface area contributed by atoms with E-state index in [9.17, 15) is 0 Å². The molecule has 0 amide bonds. The summed E-state index contributed by atoms with van der Waals surface area (Å²) in [7, 11) is 5.78. The number of hydrogen-bond donors (Lipinski definition) is 1. The molecule has 0 radical (unpaired) electrons. The second-order valence-electron chi connectivity index (χ2n) is 2.65. The molecule has 4 atom stereocenters. The summed E-state index contributed by atoms with van der Waals surface area (Å²) in [6.45, 7) is 4.53. The topological polar surface area (TPSA) is 26.0 Å². The van der Waals surface area contributed by atoms with Crippen molar-refractivity contribution in [2.24, 2.45) is 11.7 Å². The molecule has 0 aliphatic carbocycles. The highest BCUT2D eigenvalue weighted by Crippen LogP contribution is 2.82. The van der Waals surface area contributed by atoms with E-state index < -0.39 is 0 Å². The summed E-state index contributed by atoms with van der Waals surface area (Å²) < 4.78 is 0. The van der Waals surface area contributed by atoms with Gasteiger partial charge in [0.1, 0.15) is 0 Å². The molecule has 6 heteroatoms. The first kappa shape index (κ1) is 10.2. The Morgan fingerprint density at radius 3 is 1.90 bits per heavy atom. The molecule has 4 unspecified atom stereocenters. The van der Waals surface area contributed by atoms with Crippen LogP contribution in [0.3, 0.4) is 0 Å². The molecule has 0 bridgehead atoms. The summed E-state index contributed by atoms with van der Waals surface area (Å²) in [5.74, 6) is 0.703. The molecule has 10 heavy (non-hydrogen) atoms. The molecule has 2 N–H and O–H groups in total. The van der Waals surface area contributed by atoms with E-state index in [4.69, 9.17) is 5.73 Å². The molecular weight excluding hydrogens is 217 g/mol. The van der Waals surface area contributed by atoms with Crippen LogP contribution in [0.5, 0.6) is 0 Å². The maximum atomic E-state index is 6.24. The zero-order chi connectivity index (χ0) is 7.61. The monoisotopic (exact) mass is 231 g/mol. The van der Waals surface area contributed by atoms with Gasteiger partial charge in [-0.25, -0.2) is 0 Å². The lowest BCUT2D eigenvalue weighted by Crippen LogP contribution is -2.33. The minimum atomic E-state index is 0.266. The van der Waals surface area contributed by atoms with E-state index in [-0.39, 0.29) is 5.02 Å². The fourth-order valence-corrected chi connectivity index (χ4v) is 26.7. The van der Waals surface area contributed by atoms with Gasteiger partial charge in [0.25, 0.3) is 0 Å². The number of nitrogens with two attached hydrogens (primary N) is 1. The molecule has 1 rings (SSSR count). The number of hydrogen-bond acceptors (Lipinski definition) is 1. The van der Waals surface area contributed by atoms with Gasteiger partial charge in [0, 0.05) is 0 Å². The largest absolute Gasteiger partial charge is 0.318 e. The highest BCUT2D eigenvalue weighted by Gasteiger charge is 2.30. The van der Waals surface area contributed by atoms with Gasteiger partial charge in [-0.3, -0.25) is 0 Å². The van der Waals surface area contributed by atoms with Gasteiger partial charge in [0.2, 0.25) is 0 Å². The van der Waals surface area contributed by atoms with Crippen LogP contribution in [-0.4, -0.2) is 5.02 Å². The zero-order valence-electron chi connectivity index (χ0n) is 6.15. The van der Waals surface area contributed by atoms with Gasteiger partial charge in [-0.05, 0) is 5.92 Å². The lowest BCUT2D eigenvalue weighted by Gasteiger charge is -2.36. The second-order valence-corrected chi connectivity index (χ2v) is 16.6. The molecule has 1 aliphatic rings. The van der Waals surface area contributed by atoms with Crippen molar-refractivity contribution in [1.29, 1.82) is 0 Å². The van der Waals surface area contributed by atoms with Gasteiger partial charge >= 0.3 is 0 Å². The maximum Gasteiger partial charge on any atom is 0.0600 e. The van der Waals surface area contributed by atoms with E-state index in [1.54, 1.807) is 0 Å². The summed E-state index contributed by atoms with van der Waals surface area (Å²) in [4.78, 5) is 0. The van der Waals surface area contributed by atoms with Crippen LogP contribution in [0, 0.1) is 5.92 Å². The first-order chi connectivity index (χ1) is 4.65. The summed E-state index contributed by atoms with van der Waals surface area (Å²) in [5, 5.41) is 0.266. The van der Waals surface area contributed by atoms with E-state index >= 15 is 0 Å². The van der Waals surface area contributed by atoms with E-state index in [2.05, 4.69) is 13.8 Å². The summed E-state index contributed by atoms with van der Waals surface area (Å²) in [6.07, 6.45) is 0. The van der Waals surface area contributed by atoms with E-state index in [0.717, 1.165) is 16.5 Å². The molecule has 60 valence electrons. The van der Waals surface area contributed by atoms with E-state index in [1.165, 1.54) is 23.9 Å². The molecule has 0 spiro atoms. The fourth-order valence-electron chi connectivity index (χ4n) is 0.621. The Kier molecular flexibility index (Phi) is 4.46. The van der Waals surface area contributed by atoms with Gasteiger partial charge in [-0.15, -0.1) is 0 Å². The lowest BCUT2D eigenvalue weighted by molar-refractivity contribution is 0.582. The third kappa shape index (κ3) is 2.56. The smallest absolute Gasteiger partial charge is 0.0600 e. The van der Waals surface area contributed by atoms with Crippen molar-refractivity contribution in [3.8, 4) is 0 Å². The minimum Gasteiger partial charge on any atom is -0.318 e. The molecule has 0 saturated carbocycles. The molecule has 0 aromatic carbocycles. The van der Waals surface area contributed by atoms with Crippen LogP contribution in [0.2, 0.25) is 0 Å². The molecule has 1 saturated heterocycles. The Hall–Kier alpha value is 2.11. The van der Waals surface area contributed by atoms with E-state index in [0.29, 0.717) is 5.92 Å². The van der Waals surface area contributed by atoms with Crippen molar-refractivity contribution in [2.45, 2.75) is 18.9 Å². The van der Waals surface area contributed by atoms with Crippen LogP contribution in [-0.2, 0) is 0 Å². The third-order valence-corrected chi connectivity index (χ3v) is 21.5. The summed E-state index contributed by atoms with van der Waals surface area (Å²) in [5.41, 5.74) is 6.24. The standard InChI is InChI=1S/C4H14NP5/c1-3(2)4(5)6-8-10-9-7-4/h3,6-10H,5H2,1-2H3. The van der Waals surface area contributed by atoms with Crippen molar-refractivity contribution in [3.05, 3.63) is 0 Å². The Balaban J connectivity index is 2.48. The van der Waals surface area contributed by atoms with Crippen molar-refractivity contribution < 1.29 is 0 Å².